The SMILES string of the molecule is COCCNC(=O)c1ccc(-n2nc(C)c(Cl)c2C)cc1. The Kier molecular flexibility index (Phi) is 4.98. The van der Waals surface area contributed by atoms with E-state index in [1.807, 2.05) is 26.0 Å². The third kappa shape index (κ3) is 3.43. The van der Waals surface area contributed by atoms with Crippen LogP contribution in [0.5, 0.6) is 0 Å². The van der Waals surface area contributed by atoms with Gasteiger partial charge in [-0.3, -0.25) is 4.79 Å². The number of aromatic nitrogens is 2. The number of ether oxygens (including phenoxy) is 1. The first-order chi connectivity index (χ1) is 10.0. The van der Waals surface area contributed by atoms with E-state index in [2.05, 4.69) is 10.4 Å². The lowest BCUT2D eigenvalue weighted by molar-refractivity contribution is 0.0937. The highest BCUT2D eigenvalue weighted by atomic mass is 35.5. The van der Waals surface area contributed by atoms with E-state index < -0.39 is 0 Å². The molecule has 1 amide bonds. The number of nitrogens with zero attached hydrogens (tertiary/aromatic N) is 2. The van der Waals surface area contributed by atoms with Gasteiger partial charge in [0.1, 0.15) is 0 Å². The summed E-state index contributed by atoms with van der Waals surface area (Å²) < 4.78 is 6.66. The molecular weight excluding hydrogens is 290 g/mol. The fraction of sp³-hybridized carbons (Fsp3) is 0.333. The smallest absolute Gasteiger partial charge is 0.251 e. The molecule has 0 unspecified atom stereocenters. The van der Waals surface area contributed by atoms with E-state index in [4.69, 9.17) is 16.3 Å². The van der Waals surface area contributed by atoms with Gasteiger partial charge in [-0.1, -0.05) is 11.6 Å². The summed E-state index contributed by atoms with van der Waals surface area (Å²) in [4.78, 5) is 11.9. The van der Waals surface area contributed by atoms with Crippen molar-refractivity contribution in [2.24, 2.45) is 0 Å². The maximum atomic E-state index is 11.9. The predicted molar refractivity (Wildman–Crippen MR) is 82.3 cm³/mol. The van der Waals surface area contributed by atoms with Crippen LogP contribution in [0, 0.1) is 13.8 Å². The van der Waals surface area contributed by atoms with Crippen LogP contribution in [-0.2, 0) is 4.74 Å². The van der Waals surface area contributed by atoms with Crippen molar-refractivity contribution in [1.82, 2.24) is 15.1 Å². The number of aryl methyl sites for hydroxylation is 1. The van der Waals surface area contributed by atoms with E-state index >= 15 is 0 Å². The second kappa shape index (κ2) is 6.74. The maximum Gasteiger partial charge on any atom is 0.251 e. The summed E-state index contributed by atoms with van der Waals surface area (Å²) in [5.41, 5.74) is 3.14. The molecule has 0 saturated carbocycles. The van der Waals surface area contributed by atoms with Gasteiger partial charge in [-0.15, -0.1) is 0 Å². The number of rotatable bonds is 5. The molecule has 0 atom stereocenters. The third-order valence-electron chi connectivity index (χ3n) is 3.17. The van der Waals surface area contributed by atoms with Gasteiger partial charge in [0.15, 0.2) is 0 Å². The Morgan fingerprint density at radius 2 is 2.00 bits per heavy atom. The highest BCUT2D eigenvalue weighted by Crippen LogP contribution is 2.22. The van der Waals surface area contributed by atoms with Crippen LogP contribution in [0.2, 0.25) is 5.02 Å². The number of hydrogen-bond donors (Lipinski definition) is 1. The predicted octanol–water partition coefficient (Wildman–Crippen LogP) is 2.52. The zero-order valence-corrected chi connectivity index (χ0v) is 13.1. The molecule has 1 heterocycles. The van der Waals surface area contributed by atoms with Gasteiger partial charge >= 0.3 is 0 Å². The monoisotopic (exact) mass is 307 g/mol. The average Bonchev–Trinajstić information content (AvgIpc) is 2.75. The molecule has 0 saturated heterocycles. The molecule has 1 N–H and O–H groups in total. The molecule has 5 nitrogen and oxygen atoms in total. The molecule has 1 aromatic carbocycles. The molecule has 2 aromatic rings. The molecule has 0 aliphatic rings. The van der Waals surface area contributed by atoms with Crippen LogP contribution < -0.4 is 5.32 Å². The van der Waals surface area contributed by atoms with Gasteiger partial charge in [0.2, 0.25) is 0 Å². The Balaban J connectivity index is 2.15. The summed E-state index contributed by atoms with van der Waals surface area (Å²) >= 11 is 6.14. The lowest BCUT2D eigenvalue weighted by Crippen LogP contribution is -2.26. The highest BCUT2D eigenvalue weighted by molar-refractivity contribution is 6.31. The molecule has 0 radical (unpaired) electrons. The Labute approximate surface area is 128 Å². The topological polar surface area (TPSA) is 56.1 Å². The van der Waals surface area contributed by atoms with Crippen LogP contribution in [0.3, 0.4) is 0 Å². The lowest BCUT2D eigenvalue weighted by atomic mass is 10.2. The number of carbonyl (C=O) groups excluding carboxylic acids is 1. The number of methoxy groups -OCH3 is 1. The summed E-state index contributed by atoms with van der Waals surface area (Å²) in [7, 11) is 1.60. The summed E-state index contributed by atoms with van der Waals surface area (Å²) in [6, 6.07) is 7.23. The Morgan fingerprint density at radius 1 is 1.33 bits per heavy atom. The fourth-order valence-electron chi connectivity index (χ4n) is 2.00. The van der Waals surface area contributed by atoms with Gasteiger partial charge in [-0.25, -0.2) is 4.68 Å². The van der Waals surface area contributed by atoms with Gasteiger partial charge in [0, 0.05) is 19.2 Å². The fourth-order valence-corrected chi connectivity index (χ4v) is 2.12. The minimum Gasteiger partial charge on any atom is -0.383 e. The Bertz CT molecular complexity index is 635. The molecular formula is C15H18ClN3O2. The molecule has 6 heteroatoms. The average molecular weight is 308 g/mol. The second-order valence-corrected chi connectivity index (χ2v) is 5.07. The van der Waals surface area contributed by atoms with E-state index in [1.54, 1.807) is 23.9 Å². The van der Waals surface area contributed by atoms with Crippen molar-refractivity contribution in [2.45, 2.75) is 13.8 Å². The van der Waals surface area contributed by atoms with Crippen molar-refractivity contribution in [3.05, 3.63) is 46.2 Å². The van der Waals surface area contributed by atoms with Crippen molar-refractivity contribution in [1.29, 1.82) is 0 Å². The van der Waals surface area contributed by atoms with Crippen LogP contribution >= 0.6 is 11.6 Å². The number of halogens is 1. The Hall–Kier alpha value is -1.85. The van der Waals surface area contributed by atoms with E-state index in [1.165, 1.54) is 0 Å². The zero-order chi connectivity index (χ0) is 15.4. The summed E-state index contributed by atoms with van der Waals surface area (Å²) in [5, 5.41) is 7.82. The number of hydrogen-bond acceptors (Lipinski definition) is 3. The normalized spacial score (nSPS) is 10.7. The quantitative estimate of drug-likeness (QED) is 0.864. The lowest BCUT2D eigenvalue weighted by Gasteiger charge is -2.07. The van der Waals surface area contributed by atoms with Crippen molar-refractivity contribution in [3.8, 4) is 5.69 Å². The summed E-state index contributed by atoms with van der Waals surface area (Å²) in [6.45, 7) is 4.76. The van der Waals surface area contributed by atoms with Gasteiger partial charge in [-0.2, -0.15) is 5.10 Å². The zero-order valence-electron chi connectivity index (χ0n) is 12.3. The minimum absolute atomic E-state index is 0.120. The van der Waals surface area contributed by atoms with Crippen molar-refractivity contribution >= 4 is 17.5 Å². The number of carbonyl (C=O) groups is 1. The standard InChI is InChI=1S/C15H18ClN3O2/c1-10-14(16)11(2)19(18-10)13-6-4-12(5-7-13)15(20)17-8-9-21-3/h4-7H,8-9H2,1-3H3,(H,17,20). The van der Waals surface area contributed by atoms with Gasteiger partial charge in [-0.05, 0) is 38.1 Å². The third-order valence-corrected chi connectivity index (χ3v) is 3.72. The van der Waals surface area contributed by atoms with Gasteiger partial charge in [0.05, 0.1) is 28.7 Å². The number of benzene rings is 1. The van der Waals surface area contributed by atoms with E-state index in [-0.39, 0.29) is 5.91 Å². The molecule has 0 fully saturated rings. The molecule has 0 aliphatic heterocycles. The van der Waals surface area contributed by atoms with Gasteiger partial charge in [0.25, 0.3) is 5.91 Å². The first-order valence-corrected chi connectivity index (χ1v) is 7.01. The first kappa shape index (κ1) is 15.5. The van der Waals surface area contributed by atoms with Crippen LogP contribution in [0.25, 0.3) is 5.69 Å². The molecule has 1 aromatic heterocycles. The molecule has 0 spiro atoms. The largest absolute Gasteiger partial charge is 0.383 e. The first-order valence-electron chi connectivity index (χ1n) is 6.64. The minimum atomic E-state index is -0.120. The Morgan fingerprint density at radius 3 is 2.52 bits per heavy atom. The highest BCUT2D eigenvalue weighted by Gasteiger charge is 2.11. The maximum absolute atomic E-state index is 11.9. The number of amides is 1. The van der Waals surface area contributed by atoms with Crippen LogP contribution in [0.1, 0.15) is 21.7 Å². The molecule has 2 rings (SSSR count). The van der Waals surface area contributed by atoms with Gasteiger partial charge < -0.3 is 10.1 Å². The van der Waals surface area contributed by atoms with E-state index in [0.29, 0.717) is 23.7 Å². The molecule has 0 aliphatic carbocycles. The van der Waals surface area contributed by atoms with Crippen molar-refractivity contribution in [2.75, 3.05) is 20.3 Å². The van der Waals surface area contributed by atoms with Crippen LogP contribution in [-0.4, -0.2) is 35.9 Å². The van der Waals surface area contributed by atoms with Crippen molar-refractivity contribution < 1.29 is 9.53 Å². The number of nitrogens with one attached hydrogen (secondary N) is 1. The van der Waals surface area contributed by atoms with Crippen LogP contribution in [0.15, 0.2) is 24.3 Å². The van der Waals surface area contributed by atoms with E-state index in [9.17, 15) is 4.79 Å². The molecule has 0 bridgehead atoms. The van der Waals surface area contributed by atoms with Crippen molar-refractivity contribution in [3.63, 3.8) is 0 Å². The van der Waals surface area contributed by atoms with Crippen LogP contribution in [0.4, 0.5) is 0 Å². The molecule has 112 valence electrons. The second-order valence-electron chi connectivity index (χ2n) is 4.69. The summed E-state index contributed by atoms with van der Waals surface area (Å²) in [5.74, 6) is -0.120. The molecule has 21 heavy (non-hydrogen) atoms. The van der Waals surface area contributed by atoms with E-state index in [0.717, 1.165) is 17.1 Å². The summed E-state index contributed by atoms with van der Waals surface area (Å²) in [6.07, 6.45) is 0.